The van der Waals surface area contributed by atoms with Crippen LogP contribution in [0.3, 0.4) is 0 Å². The van der Waals surface area contributed by atoms with Crippen molar-refractivity contribution in [2.45, 2.75) is 52.9 Å². The first-order valence-corrected chi connectivity index (χ1v) is 5.88. The molecule has 98 valence electrons. The average molecular weight is 233 g/mol. The van der Waals surface area contributed by atoms with E-state index in [0.29, 0.717) is 13.2 Å². The number of aliphatic hydroxyl groups is 1. The smallest absolute Gasteiger partial charge is 0.0962 e. The monoisotopic (exact) mass is 233 g/mol. The highest BCUT2D eigenvalue weighted by Crippen LogP contribution is 2.21. The van der Waals surface area contributed by atoms with Gasteiger partial charge < -0.3 is 20.3 Å². The Morgan fingerprint density at radius 3 is 2.00 bits per heavy atom. The van der Waals surface area contributed by atoms with Crippen LogP contribution in [-0.2, 0) is 9.47 Å². The maximum absolute atomic E-state index is 9.22. The largest absolute Gasteiger partial charge is 0.394 e. The molecule has 0 aromatic rings. The van der Waals surface area contributed by atoms with Crippen molar-refractivity contribution in [3.05, 3.63) is 0 Å². The molecule has 0 aliphatic rings. The van der Waals surface area contributed by atoms with Gasteiger partial charge in [-0.3, -0.25) is 0 Å². The van der Waals surface area contributed by atoms with Crippen molar-refractivity contribution >= 4 is 0 Å². The molecule has 0 amide bonds. The average Bonchev–Trinajstić information content (AvgIpc) is 2.15. The summed E-state index contributed by atoms with van der Waals surface area (Å²) < 4.78 is 10.9. The molecule has 0 fully saturated rings. The van der Waals surface area contributed by atoms with Gasteiger partial charge in [-0.1, -0.05) is 20.8 Å². The minimum absolute atomic E-state index is 0.0554. The van der Waals surface area contributed by atoms with Crippen molar-refractivity contribution in [3.63, 3.8) is 0 Å². The molecule has 0 aromatic heterocycles. The Morgan fingerprint density at radius 1 is 1.12 bits per heavy atom. The van der Waals surface area contributed by atoms with E-state index in [2.05, 4.69) is 0 Å². The summed E-state index contributed by atoms with van der Waals surface area (Å²) in [5, 5.41) is 9.22. The molecule has 3 N–H and O–H groups in total. The van der Waals surface area contributed by atoms with E-state index in [-0.39, 0.29) is 30.3 Å². The second-order valence-corrected chi connectivity index (χ2v) is 5.40. The highest BCUT2D eigenvalue weighted by molar-refractivity contribution is 4.84. The van der Waals surface area contributed by atoms with Crippen molar-refractivity contribution in [1.29, 1.82) is 0 Å². The maximum atomic E-state index is 9.22. The van der Waals surface area contributed by atoms with Gasteiger partial charge in [0.1, 0.15) is 0 Å². The van der Waals surface area contributed by atoms with E-state index in [4.69, 9.17) is 15.2 Å². The third kappa shape index (κ3) is 6.43. The SMILES string of the molecule is CC(C)OCCOC(CO)C(N)C(C)(C)C. The van der Waals surface area contributed by atoms with E-state index in [0.717, 1.165) is 0 Å². The fraction of sp³-hybridized carbons (Fsp3) is 1.00. The summed E-state index contributed by atoms with van der Waals surface area (Å²) in [4.78, 5) is 0. The minimum Gasteiger partial charge on any atom is -0.394 e. The molecule has 4 nitrogen and oxygen atoms in total. The Labute approximate surface area is 99.1 Å². The summed E-state index contributed by atoms with van der Waals surface area (Å²) in [6.45, 7) is 11.0. The number of aliphatic hydroxyl groups excluding tert-OH is 1. The summed E-state index contributed by atoms with van der Waals surface area (Å²) in [6, 6.07) is -0.184. The fourth-order valence-corrected chi connectivity index (χ4v) is 1.31. The first-order valence-electron chi connectivity index (χ1n) is 5.88. The maximum Gasteiger partial charge on any atom is 0.0962 e. The standard InChI is InChI=1S/C12H27NO3/c1-9(2)15-6-7-16-10(8-14)11(13)12(3,4)5/h9-11,14H,6-8,13H2,1-5H3. The first-order chi connectivity index (χ1) is 7.29. The highest BCUT2D eigenvalue weighted by Gasteiger charge is 2.29. The van der Waals surface area contributed by atoms with E-state index < -0.39 is 0 Å². The van der Waals surface area contributed by atoms with Gasteiger partial charge in [0, 0.05) is 6.04 Å². The lowest BCUT2D eigenvalue weighted by Crippen LogP contribution is -2.48. The lowest BCUT2D eigenvalue weighted by Gasteiger charge is -2.33. The van der Waals surface area contributed by atoms with Gasteiger partial charge in [0.25, 0.3) is 0 Å². The number of ether oxygens (including phenoxy) is 2. The number of nitrogens with two attached hydrogens (primary N) is 1. The summed E-state index contributed by atoms with van der Waals surface area (Å²) in [7, 11) is 0. The van der Waals surface area contributed by atoms with E-state index in [9.17, 15) is 5.11 Å². The van der Waals surface area contributed by atoms with Gasteiger partial charge in [0.2, 0.25) is 0 Å². The van der Waals surface area contributed by atoms with Crippen LogP contribution in [-0.4, -0.2) is 43.2 Å². The van der Waals surface area contributed by atoms with E-state index >= 15 is 0 Å². The van der Waals surface area contributed by atoms with Crippen molar-refractivity contribution in [3.8, 4) is 0 Å². The summed E-state index contributed by atoms with van der Waals surface area (Å²) >= 11 is 0. The van der Waals surface area contributed by atoms with E-state index in [1.165, 1.54) is 0 Å². The van der Waals surface area contributed by atoms with E-state index in [1.54, 1.807) is 0 Å². The van der Waals surface area contributed by atoms with Crippen LogP contribution in [0.15, 0.2) is 0 Å². The van der Waals surface area contributed by atoms with Gasteiger partial charge in [-0.25, -0.2) is 0 Å². The molecule has 2 unspecified atom stereocenters. The molecule has 0 radical (unpaired) electrons. The number of hydrogen-bond acceptors (Lipinski definition) is 4. The highest BCUT2D eigenvalue weighted by atomic mass is 16.5. The van der Waals surface area contributed by atoms with Crippen molar-refractivity contribution in [2.24, 2.45) is 11.1 Å². The van der Waals surface area contributed by atoms with Crippen LogP contribution in [0.2, 0.25) is 0 Å². The van der Waals surface area contributed by atoms with Gasteiger partial charge in [0.15, 0.2) is 0 Å². The van der Waals surface area contributed by atoms with Crippen LogP contribution < -0.4 is 5.73 Å². The third-order valence-corrected chi connectivity index (χ3v) is 2.45. The molecule has 0 aliphatic heterocycles. The summed E-state index contributed by atoms with van der Waals surface area (Å²) in [6.07, 6.45) is -0.122. The lowest BCUT2D eigenvalue weighted by atomic mass is 9.84. The normalized spacial score (nSPS) is 16.5. The Kier molecular flexibility index (Phi) is 7.15. The summed E-state index contributed by atoms with van der Waals surface area (Å²) in [5.74, 6) is 0. The molecule has 0 saturated carbocycles. The molecule has 4 heteroatoms. The molecule has 0 aromatic carbocycles. The fourth-order valence-electron chi connectivity index (χ4n) is 1.31. The van der Waals surface area contributed by atoms with Crippen LogP contribution in [0.1, 0.15) is 34.6 Å². The van der Waals surface area contributed by atoms with Crippen molar-refractivity contribution in [2.75, 3.05) is 19.8 Å². The molecule has 0 saturated heterocycles. The Hall–Kier alpha value is -0.160. The van der Waals surface area contributed by atoms with Gasteiger partial charge >= 0.3 is 0 Å². The Bertz CT molecular complexity index is 178. The lowest BCUT2D eigenvalue weighted by molar-refractivity contribution is -0.0539. The van der Waals surface area contributed by atoms with Gasteiger partial charge in [-0.2, -0.15) is 0 Å². The van der Waals surface area contributed by atoms with Crippen LogP contribution >= 0.6 is 0 Å². The third-order valence-electron chi connectivity index (χ3n) is 2.45. The Balaban J connectivity index is 3.92. The van der Waals surface area contributed by atoms with Gasteiger partial charge in [-0.05, 0) is 19.3 Å². The molecule has 0 spiro atoms. The van der Waals surface area contributed by atoms with Crippen LogP contribution in [0.25, 0.3) is 0 Å². The van der Waals surface area contributed by atoms with Crippen LogP contribution in [0.5, 0.6) is 0 Å². The zero-order valence-electron chi connectivity index (χ0n) is 11.2. The molecule has 0 rings (SSSR count). The van der Waals surface area contributed by atoms with Crippen LogP contribution in [0.4, 0.5) is 0 Å². The van der Waals surface area contributed by atoms with Crippen molar-refractivity contribution in [1.82, 2.24) is 0 Å². The molecule has 2 atom stereocenters. The molecule has 0 bridgehead atoms. The second kappa shape index (κ2) is 7.22. The van der Waals surface area contributed by atoms with Crippen molar-refractivity contribution < 1.29 is 14.6 Å². The number of hydrogen-bond donors (Lipinski definition) is 2. The predicted molar refractivity (Wildman–Crippen MR) is 65.3 cm³/mol. The van der Waals surface area contributed by atoms with Gasteiger partial charge in [0.05, 0.1) is 32.0 Å². The quantitative estimate of drug-likeness (QED) is 0.648. The second-order valence-electron chi connectivity index (χ2n) is 5.40. The molecule has 0 aliphatic carbocycles. The zero-order chi connectivity index (χ0) is 12.8. The zero-order valence-corrected chi connectivity index (χ0v) is 11.2. The topological polar surface area (TPSA) is 64.7 Å². The molecular weight excluding hydrogens is 206 g/mol. The summed E-state index contributed by atoms with van der Waals surface area (Å²) in [5.41, 5.74) is 5.94. The predicted octanol–water partition coefficient (Wildman–Crippen LogP) is 1.16. The first kappa shape index (κ1) is 15.8. The van der Waals surface area contributed by atoms with Gasteiger partial charge in [-0.15, -0.1) is 0 Å². The van der Waals surface area contributed by atoms with Crippen LogP contribution in [0, 0.1) is 5.41 Å². The van der Waals surface area contributed by atoms with E-state index in [1.807, 2.05) is 34.6 Å². The molecule has 0 heterocycles. The molecular formula is C12H27NO3. The minimum atomic E-state index is -0.323. The Morgan fingerprint density at radius 2 is 1.62 bits per heavy atom. The number of rotatable bonds is 7. The molecule has 16 heavy (non-hydrogen) atoms.